The van der Waals surface area contributed by atoms with E-state index in [4.69, 9.17) is 5.73 Å². The molecule has 0 unspecified atom stereocenters. The fourth-order valence-electron chi connectivity index (χ4n) is 0.846. The summed E-state index contributed by atoms with van der Waals surface area (Å²) in [6.07, 6.45) is 0. The van der Waals surface area contributed by atoms with Crippen molar-refractivity contribution >= 4 is 40.0 Å². The van der Waals surface area contributed by atoms with Crippen LogP contribution in [0.1, 0.15) is 10.4 Å². The molecule has 0 spiro atoms. The maximum absolute atomic E-state index is 13.0. The van der Waals surface area contributed by atoms with E-state index in [0.29, 0.717) is 0 Å². The van der Waals surface area contributed by atoms with Gasteiger partial charge in [-0.05, 0) is 28.1 Å². The molecule has 0 aromatic heterocycles. The van der Waals surface area contributed by atoms with Crippen LogP contribution >= 0.6 is 28.3 Å². The Kier molecular flexibility index (Phi) is 4.87. The zero-order valence-electron chi connectivity index (χ0n) is 7.21. The number of carbonyl (C=O) groups excluding carboxylic acids is 1. The molecule has 0 heterocycles. The number of hydrogen-bond acceptors (Lipinski definition) is 3. The molecule has 14 heavy (non-hydrogen) atoms. The highest BCUT2D eigenvalue weighted by molar-refractivity contribution is 9.10. The monoisotopic (exact) mass is 283 g/mol. The van der Waals surface area contributed by atoms with E-state index in [1.807, 2.05) is 0 Å². The van der Waals surface area contributed by atoms with E-state index in [1.54, 1.807) is 0 Å². The molecular formula is C8H8BrClFNO2. The van der Waals surface area contributed by atoms with Gasteiger partial charge in [0, 0.05) is 5.69 Å². The van der Waals surface area contributed by atoms with Crippen molar-refractivity contribution in [3.8, 4) is 0 Å². The minimum atomic E-state index is -0.613. The van der Waals surface area contributed by atoms with Crippen LogP contribution in [0.2, 0.25) is 0 Å². The number of nitrogen functional groups attached to an aromatic ring is 1. The predicted octanol–water partition coefficient (Wildman–Crippen LogP) is 2.38. The molecule has 2 N–H and O–H groups in total. The lowest BCUT2D eigenvalue weighted by molar-refractivity contribution is 0.0600. The Balaban J connectivity index is 0.00000169. The maximum Gasteiger partial charge on any atom is 0.338 e. The summed E-state index contributed by atoms with van der Waals surface area (Å²) in [7, 11) is 1.22. The molecule has 0 atom stereocenters. The maximum atomic E-state index is 13.0. The van der Waals surface area contributed by atoms with Crippen LogP contribution in [0.4, 0.5) is 10.1 Å². The van der Waals surface area contributed by atoms with Crippen molar-refractivity contribution in [1.82, 2.24) is 0 Å². The first-order chi connectivity index (χ1) is 6.06. The molecule has 1 aromatic carbocycles. The highest BCUT2D eigenvalue weighted by Gasteiger charge is 2.11. The van der Waals surface area contributed by atoms with Gasteiger partial charge in [-0.25, -0.2) is 9.18 Å². The quantitative estimate of drug-likeness (QED) is 0.636. The molecule has 0 aliphatic rings. The van der Waals surface area contributed by atoms with Crippen molar-refractivity contribution in [2.24, 2.45) is 0 Å². The van der Waals surface area contributed by atoms with E-state index < -0.39 is 11.8 Å². The van der Waals surface area contributed by atoms with Crippen molar-refractivity contribution in [3.05, 3.63) is 28.0 Å². The van der Waals surface area contributed by atoms with E-state index in [9.17, 15) is 9.18 Å². The topological polar surface area (TPSA) is 52.3 Å². The first-order valence-electron chi connectivity index (χ1n) is 3.39. The van der Waals surface area contributed by atoms with Crippen LogP contribution in [-0.2, 0) is 4.74 Å². The zero-order valence-corrected chi connectivity index (χ0v) is 9.62. The SMILES string of the molecule is COC(=O)c1cc(N)c(Br)c(F)c1.Cl. The molecule has 0 aliphatic carbocycles. The Labute approximate surface area is 95.0 Å². The Bertz CT molecular complexity index is 336. The standard InChI is InChI=1S/C8H7BrFNO2.ClH/c1-13-8(12)4-2-5(10)7(9)6(11)3-4;/h2-3H,11H2,1H3;1H. The van der Waals surface area contributed by atoms with Crippen LogP contribution in [0.15, 0.2) is 16.6 Å². The molecular weight excluding hydrogens is 276 g/mol. The lowest BCUT2D eigenvalue weighted by Crippen LogP contribution is -2.03. The van der Waals surface area contributed by atoms with E-state index in [2.05, 4.69) is 20.7 Å². The highest BCUT2D eigenvalue weighted by Crippen LogP contribution is 2.24. The van der Waals surface area contributed by atoms with E-state index in [0.717, 1.165) is 6.07 Å². The Morgan fingerprint density at radius 3 is 2.57 bits per heavy atom. The number of hydrogen-bond donors (Lipinski definition) is 1. The van der Waals surface area contributed by atoms with Gasteiger partial charge in [0.25, 0.3) is 0 Å². The molecule has 3 nitrogen and oxygen atoms in total. The van der Waals surface area contributed by atoms with Gasteiger partial charge in [0.1, 0.15) is 5.82 Å². The summed E-state index contributed by atoms with van der Waals surface area (Å²) >= 11 is 2.93. The lowest BCUT2D eigenvalue weighted by Gasteiger charge is -2.03. The fraction of sp³-hybridized carbons (Fsp3) is 0.125. The van der Waals surface area contributed by atoms with Gasteiger partial charge in [-0.1, -0.05) is 0 Å². The Hall–Kier alpha value is -0.810. The number of halogens is 3. The summed E-state index contributed by atoms with van der Waals surface area (Å²) in [5.41, 5.74) is 5.68. The molecule has 0 aliphatic heterocycles. The third-order valence-corrected chi connectivity index (χ3v) is 2.31. The van der Waals surface area contributed by atoms with Crippen molar-refractivity contribution in [2.75, 3.05) is 12.8 Å². The van der Waals surface area contributed by atoms with E-state index >= 15 is 0 Å². The molecule has 0 saturated carbocycles. The van der Waals surface area contributed by atoms with Crippen LogP contribution in [0, 0.1) is 5.82 Å². The molecule has 0 bridgehead atoms. The van der Waals surface area contributed by atoms with E-state index in [-0.39, 0.29) is 28.1 Å². The van der Waals surface area contributed by atoms with Crippen molar-refractivity contribution < 1.29 is 13.9 Å². The average Bonchev–Trinajstić information content (AvgIpc) is 2.12. The fourth-order valence-corrected chi connectivity index (χ4v) is 1.07. The molecule has 6 heteroatoms. The molecule has 1 rings (SSSR count). The Morgan fingerprint density at radius 2 is 2.14 bits per heavy atom. The summed E-state index contributed by atoms with van der Waals surface area (Å²) in [5.74, 6) is -1.20. The van der Waals surface area contributed by atoms with Gasteiger partial charge in [-0.3, -0.25) is 0 Å². The average molecular weight is 285 g/mol. The molecule has 0 amide bonds. The second-order valence-electron chi connectivity index (χ2n) is 2.35. The van der Waals surface area contributed by atoms with Crippen LogP contribution in [0.3, 0.4) is 0 Å². The van der Waals surface area contributed by atoms with Crippen LogP contribution in [0.25, 0.3) is 0 Å². The number of ether oxygens (including phenoxy) is 1. The number of benzene rings is 1. The van der Waals surface area contributed by atoms with Crippen molar-refractivity contribution in [1.29, 1.82) is 0 Å². The lowest BCUT2D eigenvalue weighted by atomic mass is 10.2. The van der Waals surface area contributed by atoms with Crippen molar-refractivity contribution in [3.63, 3.8) is 0 Å². The molecule has 0 radical (unpaired) electrons. The summed E-state index contributed by atoms with van der Waals surface area (Å²) in [6, 6.07) is 2.41. The third kappa shape index (κ3) is 2.59. The first kappa shape index (κ1) is 13.2. The number of nitrogens with two attached hydrogens (primary N) is 1. The van der Waals surface area contributed by atoms with Gasteiger partial charge >= 0.3 is 5.97 Å². The van der Waals surface area contributed by atoms with Gasteiger partial charge in [-0.15, -0.1) is 12.4 Å². The largest absolute Gasteiger partial charge is 0.465 e. The predicted molar refractivity (Wildman–Crippen MR) is 57.1 cm³/mol. The van der Waals surface area contributed by atoms with E-state index in [1.165, 1.54) is 13.2 Å². The highest BCUT2D eigenvalue weighted by atomic mass is 79.9. The summed E-state index contributed by atoms with van der Waals surface area (Å²) in [4.78, 5) is 11.0. The molecule has 1 aromatic rings. The van der Waals surface area contributed by atoms with Gasteiger partial charge in [0.2, 0.25) is 0 Å². The van der Waals surface area contributed by atoms with Gasteiger partial charge < -0.3 is 10.5 Å². The van der Waals surface area contributed by atoms with Gasteiger partial charge in [0.15, 0.2) is 0 Å². The van der Waals surface area contributed by atoms with Crippen LogP contribution in [0.5, 0.6) is 0 Å². The van der Waals surface area contributed by atoms with Crippen LogP contribution in [-0.4, -0.2) is 13.1 Å². The number of esters is 1. The minimum absolute atomic E-state index is 0. The molecule has 78 valence electrons. The second-order valence-corrected chi connectivity index (χ2v) is 3.15. The normalized spacial score (nSPS) is 9.07. The van der Waals surface area contributed by atoms with Crippen molar-refractivity contribution in [2.45, 2.75) is 0 Å². The third-order valence-electron chi connectivity index (χ3n) is 1.48. The zero-order chi connectivity index (χ0) is 10.0. The summed E-state index contributed by atoms with van der Waals surface area (Å²) < 4.78 is 17.6. The number of rotatable bonds is 1. The first-order valence-corrected chi connectivity index (χ1v) is 4.18. The molecule has 0 fully saturated rings. The summed E-state index contributed by atoms with van der Waals surface area (Å²) in [5, 5.41) is 0. The van der Waals surface area contributed by atoms with Crippen LogP contribution < -0.4 is 5.73 Å². The Morgan fingerprint density at radius 1 is 1.57 bits per heavy atom. The van der Waals surface area contributed by atoms with Gasteiger partial charge in [0.05, 0.1) is 17.1 Å². The summed E-state index contributed by atoms with van der Waals surface area (Å²) in [6.45, 7) is 0. The second kappa shape index (κ2) is 5.17. The van der Waals surface area contributed by atoms with Gasteiger partial charge in [-0.2, -0.15) is 0 Å². The smallest absolute Gasteiger partial charge is 0.338 e. The minimum Gasteiger partial charge on any atom is -0.465 e. The number of methoxy groups -OCH3 is 1. The molecule has 0 saturated heterocycles. The number of anilines is 1. The number of carbonyl (C=O) groups is 1.